The molecule has 15 heavy (non-hydrogen) atoms. The molecular weight excluding hydrogens is 194 g/mol. The van der Waals surface area contributed by atoms with Crippen molar-refractivity contribution in [3.8, 4) is 0 Å². The van der Waals surface area contributed by atoms with Crippen molar-refractivity contribution in [1.29, 1.82) is 0 Å². The van der Waals surface area contributed by atoms with Crippen molar-refractivity contribution in [2.24, 2.45) is 7.05 Å². The lowest BCUT2D eigenvalue weighted by molar-refractivity contribution is 0.147. The van der Waals surface area contributed by atoms with E-state index in [1.807, 2.05) is 17.8 Å². The summed E-state index contributed by atoms with van der Waals surface area (Å²) in [4.78, 5) is 0. The summed E-state index contributed by atoms with van der Waals surface area (Å²) in [5.74, 6) is 0. The number of methoxy groups -OCH3 is 1. The van der Waals surface area contributed by atoms with Crippen LogP contribution in [0.4, 0.5) is 0 Å². The Kier molecular flexibility index (Phi) is 5.31. The van der Waals surface area contributed by atoms with E-state index in [2.05, 4.69) is 10.4 Å². The molecule has 0 aromatic carbocycles. The van der Waals surface area contributed by atoms with E-state index in [4.69, 9.17) is 9.84 Å². The third-order valence-electron chi connectivity index (χ3n) is 2.34. The summed E-state index contributed by atoms with van der Waals surface area (Å²) in [7, 11) is 3.57. The molecule has 1 aromatic rings. The number of aryl methyl sites for hydroxylation is 1. The molecule has 0 aliphatic heterocycles. The van der Waals surface area contributed by atoms with Crippen molar-refractivity contribution in [3.63, 3.8) is 0 Å². The normalized spacial score (nSPS) is 13.0. The van der Waals surface area contributed by atoms with Gasteiger partial charge in [0, 0.05) is 39.5 Å². The summed E-state index contributed by atoms with van der Waals surface area (Å²) in [6.45, 7) is 1.52. The Morgan fingerprint density at radius 2 is 2.47 bits per heavy atom. The second-order valence-electron chi connectivity index (χ2n) is 3.49. The highest BCUT2D eigenvalue weighted by atomic mass is 16.5. The number of hydrogen-bond donors (Lipinski definition) is 2. The molecule has 0 radical (unpaired) electrons. The number of hydrogen-bond acceptors (Lipinski definition) is 4. The van der Waals surface area contributed by atoms with Crippen molar-refractivity contribution >= 4 is 0 Å². The number of ether oxygens (including phenoxy) is 1. The molecule has 0 bridgehead atoms. The standard InChI is InChI=1S/C10H19N3O2/c1-13-10(3-5-12-13)7-11-9(4-6-14)8-15-2/h3,5,9,11,14H,4,6-8H2,1-2H3. The highest BCUT2D eigenvalue weighted by Crippen LogP contribution is 1.98. The van der Waals surface area contributed by atoms with E-state index in [0.717, 1.165) is 12.2 Å². The van der Waals surface area contributed by atoms with Crippen molar-refractivity contribution in [2.45, 2.75) is 19.0 Å². The van der Waals surface area contributed by atoms with Crippen molar-refractivity contribution in [3.05, 3.63) is 18.0 Å². The number of aliphatic hydroxyl groups is 1. The Balaban J connectivity index is 2.36. The van der Waals surface area contributed by atoms with Gasteiger partial charge in [-0.15, -0.1) is 0 Å². The van der Waals surface area contributed by atoms with Crippen LogP contribution in [0.15, 0.2) is 12.3 Å². The van der Waals surface area contributed by atoms with Crippen LogP contribution in [0.1, 0.15) is 12.1 Å². The Bertz CT molecular complexity index is 269. The quantitative estimate of drug-likeness (QED) is 0.664. The lowest BCUT2D eigenvalue weighted by Gasteiger charge is -2.16. The first-order chi connectivity index (χ1) is 7.27. The van der Waals surface area contributed by atoms with Gasteiger partial charge in [0.1, 0.15) is 0 Å². The first-order valence-corrected chi connectivity index (χ1v) is 5.08. The highest BCUT2D eigenvalue weighted by Gasteiger charge is 2.07. The molecule has 1 heterocycles. The van der Waals surface area contributed by atoms with Gasteiger partial charge >= 0.3 is 0 Å². The molecule has 1 aromatic heterocycles. The summed E-state index contributed by atoms with van der Waals surface area (Å²) in [5, 5.41) is 16.3. The van der Waals surface area contributed by atoms with Gasteiger partial charge in [0.25, 0.3) is 0 Å². The SMILES string of the molecule is COCC(CCO)NCc1ccnn1C. The summed E-state index contributed by atoms with van der Waals surface area (Å²) >= 11 is 0. The van der Waals surface area contributed by atoms with E-state index in [0.29, 0.717) is 13.0 Å². The van der Waals surface area contributed by atoms with E-state index in [1.54, 1.807) is 13.3 Å². The van der Waals surface area contributed by atoms with E-state index in [1.165, 1.54) is 0 Å². The van der Waals surface area contributed by atoms with Gasteiger partial charge in [-0.25, -0.2) is 0 Å². The molecule has 5 nitrogen and oxygen atoms in total. The van der Waals surface area contributed by atoms with Crippen molar-refractivity contribution in [2.75, 3.05) is 20.3 Å². The fourth-order valence-corrected chi connectivity index (χ4v) is 1.42. The van der Waals surface area contributed by atoms with E-state index in [9.17, 15) is 0 Å². The van der Waals surface area contributed by atoms with Crippen LogP contribution >= 0.6 is 0 Å². The zero-order valence-electron chi connectivity index (χ0n) is 9.31. The molecule has 1 atom stereocenters. The Morgan fingerprint density at radius 3 is 3.00 bits per heavy atom. The Morgan fingerprint density at radius 1 is 1.67 bits per heavy atom. The van der Waals surface area contributed by atoms with Crippen molar-refractivity contribution < 1.29 is 9.84 Å². The molecule has 0 fully saturated rings. The van der Waals surface area contributed by atoms with Gasteiger partial charge in [-0.05, 0) is 12.5 Å². The van der Waals surface area contributed by atoms with Crippen molar-refractivity contribution in [1.82, 2.24) is 15.1 Å². The summed E-state index contributed by atoms with van der Waals surface area (Å²) in [6.07, 6.45) is 2.47. The monoisotopic (exact) mass is 213 g/mol. The third kappa shape index (κ3) is 3.99. The number of nitrogens with one attached hydrogen (secondary N) is 1. The lowest BCUT2D eigenvalue weighted by atomic mass is 10.2. The third-order valence-corrected chi connectivity index (χ3v) is 2.34. The number of aliphatic hydroxyl groups excluding tert-OH is 1. The van der Waals surface area contributed by atoms with E-state index < -0.39 is 0 Å². The fourth-order valence-electron chi connectivity index (χ4n) is 1.42. The molecular formula is C10H19N3O2. The smallest absolute Gasteiger partial charge is 0.0616 e. The minimum absolute atomic E-state index is 0.173. The summed E-state index contributed by atoms with van der Waals surface area (Å²) in [6, 6.07) is 2.16. The van der Waals surface area contributed by atoms with E-state index in [-0.39, 0.29) is 12.6 Å². The van der Waals surface area contributed by atoms with E-state index >= 15 is 0 Å². The molecule has 0 saturated heterocycles. The van der Waals surface area contributed by atoms with Gasteiger partial charge in [-0.2, -0.15) is 5.10 Å². The summed E-state index contributed by atoms with van der Waals surface area (Å²) in [5.41, 5.74) is 1.12. The fraction of sp³-hybridized carbons (Fsp3) is 0.700. The minimum Gasteiger partial charge on any atom is -0.396 e. The lowest BCUT2D eigenvalue weighted by Crippen LogP contribution is -2.34. The zero-order valence-corrected chi connectivity index (χ0v) is 9.31. The van der Waals surface area contributed by atoms with Crippen LogP contribution in [-0.4, -0.2) is 41.3 Å². The van der Waals surface area contributed by atoms with Crippen LogP contribution in [0.5, 0.6) is 0 Å². The largest absolute Gasteiger partial charge is 0.396 e. The van der Waals surface area contributed by atoms with Gasteiger partial charge in [0.2, 0.25) is 0 Å². The molecule has 0 saturated carbocycles. The number of rotatable bonds is 7. The molecule has 86 valence electrons. The zero-order chi connectivity index (χ0) is 11.1. The molecule has 0 spiro atoms. The molecule has 0 amide bonds. The van der Waals surface area contributed by atoms with Crippen LogP contribution < -0.4 is 5.32 Å². The highest BCUT2D eigenvalue weighted by molar-refractivity contribution is 4.99. The van der Waals surface area contributed by atoms with Gasteiger partial charge in [-0.1, -0.05) is 0 Å². The molecule has 5 heteroatoms. The minimum atomic E-state index is 0.173. The maximum Gasteiger partial charge on any atom is 0.0616 e. The average molecular weight is 213 g/mol. The maximum absolute atomic E-state index is 8.86. The molecule has 1 rings (SSSR count). The predicted octanol–water partition coefficient (Wildman–Crippen LogP) is -0.0929. The molecule has 1 unspecified atom stereocenters. The molecule has 0 aliphatic carbocycles. The second-order valence-corrected chi connectivity index (χ2v) is 3.49. The number of aromatic nitrogens is 2. The number of nitrogens with zero attached hydrogens (tertiary/aromatic N) is 2. The van der Waals surface area contributed by atoms with Gasteiger partial charge < -0.3 is 15.2 Å². The Labute approximate surface area is 90.1 Å². The molecule has 0 aliphatic rings. The predicted molar refractivity (Wildman–Crippen MR) is 57.4 cm³/mol. The van der Waals surface area contributed by atoms with Crippen LogP contribution in [0.3, 0.4) is 0 Å². The first-order valence-electron chi connectivity index (χ1n) is 5.08. The Hall–Kier alpha value is -0.910. The summed E-state index contributed by atoms with van der Waals surface area (Å²) < 4.78 is 6.89. The van der Waals surface area contributed by atoms with Gasteiger partial charge in [-0.3, -0.25) is 4.68 Å². The van der Waals surface area contributed by atoms with Crippen LogP contribution in [-0.2, 0) is 18.3 Å². The second kappa shape index (κ2) is 6.55. The van der Waals surface area contributed by atoms with Gasteiger partial charge in [0.15, 0.2) is 0 Å². The average Bonchev–Trinajstić information content (AvgIpc) is 2.61. The topological polar surface area (TPSA) is 59.3 Å². The van der Waals surface area contributed by atoms with Crippen LogP contribution in [0, 0.1) is 0 Å². The van der Waals surface area contributed by atoms with Crippen LogP contribution in [0.25, 0.3) is 0 Å². The molecule has 2 N–H and O–H groups in total. The van der Waals surface area contributed by atoms with Crippen LogP contribution in [0.2, 0.25) is 0 Å². The first kappa shape index (κ1) is 12.2. The maximum atomic E-state index is 8.86. The van der Waals surface area contributed by atoms with Gasteiger partial charge in [0.05, 0.1) is 12.3 Å².